The van der Waals surface area contributed by atoms with Crippen molar-refractivity contribution in [2.24, 2.45) is 0 Å². The Bertz CT molecular complexity index is 609. The number of hydrogen-bond donors (Lipinski definition) is 0. The van der Waals surface area contributed by atoms with Gasteiger partial charge in [0.05, 0.1) is 11.7 Å². The number of hydrogen-bond acceptors (Lipinski definition) is 3. The molecule has 0 saturated carbocycles. The lowest BCUT2D eigenvalue weighted by molar-refractivity contribution is 0.112. The Morgan fingerprint density at radius 1 is 1.35 bits per heavy atom. The first kappa shape index (κ1) is 13.3. The first-order chi connectivity index (χ1) is 9.69. The van der Waals surface area contributed by atoms with Crippen LogP contribution >= 0.6 is 0 Å². The number of aromatic nitrogens is 2. The summed E-state index contributed by atoms with van der Waals surface area (Å²) in [7, 11) is 0. The van der Waals surface area contributed by atoms with Gasteiger partial charge in [-0.3, -0.25) is 4.79 Å². The van der Waals surface area contributed by atoms with E-state index in [1.54, 1.807) is 0 Å². The fourth-order valence-corrected chi connectivity index (χ4v) is 3.09. The zero-order valence-electron chi connectivity index (χ0n) is 12.1. The Labute approximate surface area is 119 Å². The van der Waals surface area contributed by atoms with Gasteiger partial charge in [0.25, 0.3) is 0 Å². The Hall–Kier alpha value is -1.68. The molecule has 4 heteroatoms. The average molecular weight is 271 g/mol. The van der Waals surface area contributed by atoms with E-state index in [1.807, 2.05) is 24.5 Å². The molecule has 0 N–H and O–H groups in total. The van der Waals surface area contributed by atoms with Crippen LogP contribution in [0.25, 0.3) is 5.52 Å². The average Bonchev–Trinajstić information content (AvgIpc) is 2.90. The van der Waals surface area contributed by atoms with Crippen molar-refractivity contribution in [1.82, 2.24) is 14.3 Å². The molecule has 1 saturated heterocycles. The van der Waals surface area contributed by atoms with Gasteiger partial charge in [-0.2, -0.15) is 0 Å². The van der Waals surface area contributed by atoms with Crippen LogP contribution in [0, 0.1) is 0 Å². The third-order valence-electron chi connectivity index (χ3n) is 4.35. The monoisotopic (exact) mass is 271 g/mol. The normalized spacial score (nSPS) is 17.9. The predicted octanol–water partition coefficient (Wildman–Crippen LogP) is 2.73. The van der Waals surface area contributed by atoms with Crippen LogP contribution < -0.4 is 0 Å². The molecular formula is C16H21N3O. The number of imidazole rings is 1. The fourth-order valence-electron chi connectivity index (χ4n) is 3.09. The number of fused-ring (bicyclic) bond motifs is 1. The van der Waals surface area contributed by atoms with Gasteiger partial charge in [-0.05, 0) is 51.9 Å². The summed E-state index contributed by atoms with van der Waals surface area (Å²) in [5, 5.41) is 0. The zero-order valence-corrected chi connectivity index (χ0v) is 12.1. The molecule has 0 aromatic carbocycles. The van der Waals surface area contributed by atoms with E-state index in [0.29, 0.717) is 17.5 Å². The van der Waals surface area contributed by atoms with Crippen molar-refractivity contribution in [3.63, 3.8) is 0 Å². The lowest BCUT2D eigenvalue weighted by Gasteiger charge is -2.34. The second-order valence-electron chi connectivity index (χ2n) is 5.89. The van der Waals surface area contributed by atoms with E-state index in [1.165, 1.54) is 0 Å². The van der Waals surface area contributed by atoms with Gasteiger partial charge in [0, 0.05) is 23.7 Å². The fraction of sp³-hybridized carbons (Fsp3) is 0.500. The molecule has 1 fully saturated rings. The quantitative estimate of drug-likeness (QED) is 0.806. The summed E-state index contributed by atoms with van der Waals surface area (Å²) in [5.74, 6) is 1.66. The minimum Gasteiger partial charge on any atom is -0.303 e. The Morgan fingerprint density at radius 3 is 2.75 bits per heavy atom. The number of piperidine rings is 1. The van der Waals surface area contributed by atoms with E-state index in [9.17, 15) is 4.79 Å². The van der Waals surface area contributed by atoms with Crippen LogP contribution in [0.15, 0.2) is 24.5 Å². The molecule has 106 valence electrons. The molecule has 0 radical (unpaired) electrons. The van der Waals surface area contributed by atoms with Gasteiger partial charge in [0.2, 0.25) is 0 Å². The highest BCUT2D eigenvalue weighted by atomic mass is 16.1. The number of carbonyl (C=O) groups excluding carboxylic acids is 1. The van der Waals surface area contributed by atoms with Crippen LogP contribution in [0.1, 0.15) is 48.8 Å². The van der Waals surface area contributed by atoms with Gasteiger partial charge >= 0.3 is 0 Å². The Morgan fingerprint density at radius 2 is 2.10 bits per heavy atom. The second kappa shape index (κ2) is 5.37. The summed E-state index contributed by atoms with van der Waals surface area (Å²) in [6, 6.07) is 4.38. The lowest BCUT2D eigenvalue weighted by Crippen LogP contribution is -2.38. The van der Waals surface area contributed by atoms with E-state index in [2.05, 4.69) is 28.1 Å². The van der Waals surface area contributed by atoms with Crippen LogP contribution in [0.5, 0.6) is 0 Å². The molecule has 2 aromatic heterocycles. The SMILES string of the molecule is CC(C)N1CCC(c2ncc3cc(C=O)ccn23)CC1. The van der Waals surface area contributed by atoms with Crippen molar-refractivity contribution in [3.05, 3.63) is 35.9 Å². The molecule has 0 aliphatic carbocycles. The van der Waals surface area contributed by atoms with Crippen molar-refractivity contribution >= 4 is 11.8 Å². The third kappa shape index (κ3) is 2.36. The van der Waals surface area contributed by atoms with Gasteiger partial charge in [0.1, 0.15) is 12.1 Å². The molecule has 1 aliphatic rings. The highest BCUT2D eigenvalue weighted by Gasteiger charge is 2.24. The Kier molecular flexibility index (Phi) is 3.57. The first-order valence-electron chi connectivity index (χ1n) is 7.35. The maximum atomic E-state index is 10.8. The maximum Gasteiger partial charge on any atom is 0.150 e. The molecule has 2 aromatic rings. The summed E-state index contributed by atoms with van der Waals surface area (Å²) >= 11 is 0. The standard InChI is InChI=1S/C16H21N3O/c1-12(2)18-6-4-14(5-7-18)16-17-10-15-9-13(11-20)3-8-19(15)16/h3,8-12,14H,4-7H2,1-2H3. The molecule has 3 heterocycles. The van der Waals surface area contributed by atoms with Gasteiger partial charge in [-0.1, -0.05) is 0 Å². The number of pyridine rings is 1. The molecule has 3 rings (SSSR count). The molecule has 1 aliphatic heterocycles. The van der Waals surface area contributed by atoms with Crippen molar-refractivity contribution in [2.45, 2.75) is 38.6 Å². The molecule has 0 unspecified atom stereocenters. The van der Waals surface area contributed by atoms with Crippen LogP contribution in [-0.2, 0) is 0 Å². The second-order valence-corrected chi connectivity index (χ2v) is 5.89. The zero-order chi connectivity index (χ0) is 14.1. The highest BCUT2D eigenvalue weighted by Crippen LogP contribution is 2.28. The molecule has 4 nitrogen and oxygen atoms in total. The first-order valence-corrected chi connectivity index (χ1v) is 7.35. The summed E-state index contributed by atoms with van der Waals surface area (Å²) < 4.78 is 2.13. The van der Waals surface area contributed by atoms with Crippen LogP contribution in [0.3, 0.4) is 0 Å². The van der Waals surface area contributed by atoms with E-state index in [4.69, 9.17) is 0 Å². The smallest absolute Gasteiger partial charge is 0.150 e. The molecular weight excluding hydrogens is 250 g/mol. The minimum atomic E-state index is 0.523. The highest BCUT2D eigenvalue weighted by molar-refractivity contribution is 5.77. The topological polar surface area (TPSA) is 37.6 Å². The van der Waals surface area contributed by atoms with Crippen molar-refractivity contribution in [3.8, 4) is 0 Å². The summed E-state index contributed by atoms with van der Waals surface area (Å²) in [5.41, 5.74) is 1.72. The van der Waals surface area contributed by atoms with E-state index in [-0.39, 0.29) is 0 Å². The van der Waals surface area contributed by atoms with Gasteiger partial charge in [-0.15, -0.1) is 0 Å². The number of likely N-dealkylation sites (tertiary alicyclic amines) is 1. The van der Waals surface area contributed by atoms with Crippen LogP contribution in [0.2, 0.25) is 0 Å². The van der Waals surface area contributed by atoms with Crippen molar-refractivity contribution < 1.29 is 4.79 Å². The molecule has 0 amide bonds. The number of carbonyl (C=O) groups is 1. The van der Waals surface area contributed by atoms with Crippen LogP contribution in [0.4, 0.5) is 0 Å². The third-order valence-corrected chi connectivity index (χ3v) is 4.35. The minimum absolute atomic E-state index is 0.523. The van der Waals surface area contributed by atoms with E-state index >= 15 is 0 Å². The molecule has 0 atom stereocenters. The molecule has 0 bridgehead atoms. The number of nitrogens with zero attached hydrogens (tertiary/aromatic N) is 3. The maximum absolute atomic E-state index is 10.8. The molecule has 20 heavy (non-hydrogen) atoms. The van der Waals surface area contributed by atoms with Crippen molar-refractivity contribution in [2.75, 3.05) is 13.1 Å². The summed E-state index contributed by atoms with van der Waals surface area (Å²) in [6.07, 6.45) is 7.04. The lowest BCUT2D eigenvalue weighted by atomic mass is 9.95. The van der Waals surface area contributed by atoms with E-state index in [0.717, 1.165) is 43.6 Å². The summed E-state index contributed by atoms with van der Waals surface area (Å²) in [4.78, 5) is 17.9. The van der Waals surface area contributed by atoms with Crippen LogP contribution in [-0.4, -0.2) is 39.7 Å². The predicted molar refractivity (Wildman–Crippen MR) is 79.3 cm³/mol. The Balaban J connectivity index is 1.83. The number of rotatable bonds is 3. The van der Waals surface area contributed by atoms with E-state index < -0.39 is 0 Å². The van der Waals surface area contributed by atoms with Crippen molar-refractivity contribution in [1.29, 1.82) is 0 Å². The summed E-state index contributed by atoms with van der Waals surface area (Å²) in [6.45, 7) is 6.80. The number of aldehydes is 1. The van der Waals surface area contributed by atoms with Gasteiger partial charge in [-0.25, -0.2) is 4.98 Å². The molecule has 0 spiro atoms. The van der Waals surface area contributed by atoms with Gasteiger partial charge in [0.15, 0.2) is 0 Å². The largest absolute Gasteiger partial charge is 0.303 e. The van der Waals surface area contributed by atoms with Gasteiger partial charge < -0.3 is 9.30 Å².